The molecule has 0 spiro atoms. The van der Waals surface area contributed by atoms with Gasteiger partial charge in [0.05, 0.1) is 19.8 Å². The monoisotopic (exact) mass is 277 g/mol. The highest BCUT2D eigenvalue weighted by molar-refractivity contribution is 5.81. The minimum absolute atomic E-state index is 0.0780. The second-order valence-corrected chi connectivity index (χ2v) is 5.54. The predicted molar refractivity (Wildman–Crippen MR) is 77.8 cm³/mol. The van der Waals surface area contributed by atoms with Crippen molar-refractivity contribution in [3.05, 3.63) is 34.9 Å². The maximum Gasteiger partial charge on any atom is 0.251 e. The van der Waals surface area contributed by atoms with Crippen LogP contribution in [0.4, 0.5) is 0 Å². The van der Waals surface area contributed by atoms with Crippen LogP contribution in [0.2, 0.25) is 0 Å². The lowest BCUT2D eigenvalue weighted by molar-refractivity contribution is -0.148. The van der Waals surface area contributed by atoms with Crippen molar-refractivity contribution < 1.29 is 14.3 Å². The molecule has 1 aromatic carbocycles. The molecule has 4 heteroatoms. The van der Waals surface area contributed by atoms with E-state index in [1.807, 2.05) is 6.92 Å². The van der Waals surface area contributed by atoms with Crippen LogP contribution in [-0.4, -0.2) is 37.9 Å². The van der Waals surface area contributed by atoms with Crippen molar-refractivity contribution in [2.45, 2.75) is 39.3 Å². The Morgan fingerprint density at radius 3 is 2.60 bits per heavy atom. The van der Waals surface area contributed by atoms with E-state index >= 15 is 0 Å². The van der Waals surface area contributed by atoms with Crippen molar-refractivity contribution in [3.63, 3.8) is 0 Å². The zero-order valence-corrected chi connectivity index (χ0v) is 12.4. The molecule has 20 heavy (non-hydrogen) atoms. The predicted octanol–water partition coefficient (Wildman–Crippen LogP) is 1.77. The van der Waals surface area contributed by atoms with Crippen LogP contribution in [0.1, 0.15) is 23.6 Å². The van der Waals surface area contributed by atoms with Crippen molar-refractivity contribution in [2.75, 3.05) is 19.8 Å². The molecule has 0 saturated carbocycles. The lowest BCUT2D eigenvalue weighted by Crippen LogP contribution is -2.46. The Bertz CT molecular complexity index is 447. The minimum atomic E-state index is -0.467. The molecule has 2 unspecified atom stereocenters. The number of rotatable bonds is 4. The number of aryl methyl sites for hydroxylation is 2. The molecule has 1 heterocycles. The summed E-state index contributed by atoms with van der Waals surface area (Å²) in [5, 5.41) is 2.99. The molecule has 1 amide bonds. The average Bonchev–Trinajstić information content (AvgIpc) is 2.38. The molecule has 1 saturated heterocycles. The molecule has 1 fully saturated rings. The highest BCUT2D eigenvalue weighted by atomic mass is 16.6. The number of nitrogens with one attached hydrogen (secondary N) is 1. The van der Waals surface area contributed by atoms with Gasteiger partial charge < -0.3 is 14.8 Å². The summed E-state index contributed by atoms with van der Waals surface area (Å²) in [4.78, 5) is 12.0. The molecular weight excluding hydrogens is 254 g/mol. The van der Waals surface area contributed by atoms with E-state index in [1.54, 1.807) is 0 Å². The Morgan fingerprint density at radius 2 is 2.00 bits per heavy atom. The Hall–Kier alpha value is -1.39. The molecule has 2 rings (SSSR count). The van der Waals surface area contributed by atoms with Crippen LogP contribution < -0.4 is 5.32 Å². The fourth-order valence-electron chi connectivity index (χ4n) is 2.57. The van der Waals surface area contributed by atoms with Gasteiger partial charge in [-0.2, -0.15) is 0 Å². The van der Waals surface area contributed by atoms with E-state index in [-0.39, 0.29) is 11.9 Å². The fourth-order valence-corrected chi connectivity index (χ4v) is 2.57. The van der Waals surface area contributed by atoms with E-state index < -0.39 is 6.10 Å². The summed E-state index contributed by atoms with van der Waals surface area (Å²) < 4.78 is 10.6. The average molecular weight is 277 g/mol. The van der Waals surface area contributed by atoms with Crippen LogP contribution in [0.15, 0.2) is 18.2 Å². The Kier molecular flexibility index (Phi) is 5.15. The molecule has 110 valence electrons. The first kappa shape index (κ1) is 15.0. The van der Waals surface area contributed by atoms with Crippen molar-refractivity contribution in [2.24, 2.45) is 0 Å². The highest BCUT2D eigenvalue weighted by Gasteiger charge is 2.23. The van der Waals surface area contributed by atoms with E-state index in [2.05, 4.69) is 37.4 Å². The van der Waals surface area contributed by atoms with Gasteiger partial charge in [-0.15, -0.1) is 0 Å². The molecule has 0 bridgehead atoms. The number of carbonyl (C=O) groups excluding carboxylic acids is 1. The van der Waals surface area contributed by atoms with E-state index in [0.29, 0.717) is 19.8 Å². The number of hydrogen-bond donors (Lipinski definition) is 1. The highest BCUT2D eigenvalue weighted by Crippen LogP contribution is 2.11. The molecule has 2 atom stereocenters. The van der Waals surface area contributed by atoms with Gasteiger partial charge in [0.15, 0.2) is 6.10 Å². The van der Waals surface area contributed by atoms with E-state index in [9.17, 15) is 4.79 Å². The Balaban J connectivity index is 1.88. The molecule has 4 nitrogen and oxygen atoms in total. The van der Waals surface area contributed by atoms with Gasteiger partial charge in [-0.05, 0) is 32.8 Å². The molecule has 0 aromatic heterocycles. The lowest BCUT2D eigenvalue weighted by atomic mass is 10.0. The number of carbonyl (C=O) groups is 1. The summed E-state index contributed by atoms with van der Waals surface area (Å²) in [6.45, 7) is 7.60. The molecule has 1 aliphatic rings. The summed E-state index contributed by atoms with van der Waals surface area (Å²) in [7, 11) is 0. The smallest absolute Gasteiger partial charge is 0.251 e. The second kappa shape index (κ2) is 6.86. The number of amides is 1. The third-order valence-corrected chi connectivity index (χ3v) is 3.32. The van der Waals surface area contributed by atoms with Gasteiger partial charge >= 0.3 is 0 Å². The number of benzene rings is 1. The lowest BCUT2D eigenvalue weighted by Gasteiger charge is -2.24. The molecule has 0 radical (unpaired) electrons. The van der Waals surface area contributed by atoms with Gasteiger partial charge in [-0.1, -0.05) is 29.3 Å². The standard InChI is InChI=1S/C16H23NO3/c1-11-6-12(2)8-14(7-11)9-13(3)17-16(18)15-10-19-4-5-20-15/h6-8,13,15H,4-5,9-10H2,1-3H3,(H,17,18). The number of hydrogen-bond acceptors (Lipinski definition) is 3. The van der Waals surface area contributed by atoms with Gasteiger partial charge in [0.1, 0.15) is 0 Å². The van der Waals surface area contributed by atoms with Crippen LogP contribution in [0.25, 0.3) is 0 Å². The first-order valence-corrected chi connectivity index (χ1v) is 7.11. The molecule has 0 aliphatic carbocycles. The molecular formula is C16H23NO3. The van der Waals surface area contributed by atoms with Crippen molar-refractivity contribution in [3.8, 4) is 0 Å². The summed E-state index contributed by atoms with van der Waals surface area (Å²) >= 11 is 0. The summed E-state index contributed by atoms with van der Waals surface area (Å²) in [5.74, 6) is -0.0819. The SMILES string of the molecule is Cc1cc(C)cc(CC(C)NC(=O)C2COCCO2)c1. The Labute approximate surface area is 120 Å². The van der Waals surface area contributed by atoms with E-state index in [1.165, 1.54) is 16.7 Å². The first-order chi connectivity index (χ1) is 9.54. The van der Waals surface area contributed by atoms with Gasteiger partial charge in [-0.25, -0.2) is 0 Å². The number of ether oxygens (including phenoxy) is 2. The van der Waals surface area contributed by atoms with Crippen LogP contribution in [0.5, 0.6) is 0 Å². The molecule has 1 N–H and O–H groups in total. The topological polar surface area (TPSA) is 47.6 Å². The summed E-state index contributed by atoms with van der Waals surface area (Å²) in [6.07, 6.45) is 0.354. The zero-order chi connectivity index (χ0) is 14.5. The van der Waals surface area contributed by atoms with Crippen LogP contribution in [0.3, 0.4) is 0 Å². The normalized spacial score (nSPS) is 20.4. The first-order valence-electron chi connectivity index (χ1n) is 7.11. The van der Waals surface area contributed by atoms with Gasteiger partial charge in [0.2, 0.25) is 0 Å². The zero-order valence-electron chi connectivity index (χ0n) is 12.4. The van der Waals surface area contributed by atoms with Gasteiger partial charge in [-0.3, -0.25) is 4.79 Å². The largest absolute Gasteiger partial charge is 0.376 e. The summed E-state index contributed by atoms with van der Waals surface area (Å²) in [6, 6.07) is 6.56. The maximum absolute atomic E-state index is 12.0. The molecule has 1 aliphatic heterocycles. The Morgan fingerprint density at radius 1 is 1.30 bits per heavy atom. The quantitative estimate of drug-likeness (QED) is 0.912. The third kappa shape index (κ3) is 4.32. The maximum atomic E-state index is 12.0. The van der Waals surface area contributed by atoms with Crippen molar-refractivity contribution >= 4 is 5.91 Å². The summed E-state index contributed by atoms with van der Waals surface area (Å²) in [5.41, 5.74) is 3.75. The van der Waals surface area contributed by atoms with E-state index in [4.69, 9.17) is 9.47 Å². The fraction of sp³-hybridized carbons (Fsp3) is 0.562. The van der Waals surface area contributed by atoms with Crippen LogP contribution in [0, 0.1) is 13.8 Å². The van der Waals surface area contributed by atoms with Crippen molar-refractivity contribution in [1.82, 2.24) is 5.32 Å². The second-order valence-electron chi connectivity index (χ2n) is 5.54. The van der Waals surface area contributed by atoms with Gasteiger partial charge in [0, 0.05) is 6.04 Å². The van der Waals surface area contributed by atoms with Gasteiger partial charge in [0.25, 0.3) is 5.91 Å². The van der Waals surface area contributed by atoms with E-state index in [0.717, 1.165) is 6.42 Å². The third-order valence-electron chi connectivity index (χ3n) is 3.32. The van der Waals surface area contributed by atoms with Crippen LogP contribution in [-0.2, 0) is 20.7 Å². The minimum Gasteiger partial charge on any atom is -0.376 e. The van der Waals surface area contributed by atoms with Crippen LogP contribution >= 0.6 is 0 Å². The molecule has 1 aromatic rings. The van der Waals surface area contributed by atoms with Crippen molar-refractivity contribution in [1.29, 1.82) is 0 Å².